The number of nitrogens with zero attached hydrogens (tertiary/aromatic N) is 1. The Morgan fingerprint density at radius 2 is 2.08 bits per heavy atom. The lowest BCUT2D eigenvalue weighted by molar-refractivity contribution is 0.0908. The minimum Gasteiger partial charge on any atom is -0.349 e. The van der Waals surface area contributed by atoms with Crippen LogP contribution in [-0.2, 0) is 0 Å². The van der Waals surface area contributed by atoms with Crippen LogP contribution in [0, 0.1) is 5.92 Å². The minimum atomic E-state index is -0.103. The molecule has 3 amide bonds. The number of halogens is 1. The topological polar surface area (TPSA) is 87.5 Å². The van der Waals surface area contributed by atoms with Crippen LogP contribution in [0.1, 0.15) is 42.5 Å². The molecule has 25 heavy (non-hydrogen) atoms. The van der Waals surface area contributed by atoms with Crippen molar-refractivity contribution in [1.29, 1.82) is 0 Å². The Balaban J connectivity index is 0.00000225. The molecule has 0 aromatic heterocycles. The number of benzene rings is 1. The highest BCUT2D eigenvalue weighted by Crippen LogP contribution is 2.24. The van der Waals surface area contributed by atoms with Crippen LogP contribution < -0.4 is 21.3 Å². The number of carbonyl (C=O) groups excluding carboxylic acids is 2. The Kier molecular flexibility index (Phi) is 7.08. The van der Waals surface area contributed by atoms with Crippen molar-refractivity contribution < 1.29 is 9.59 Å². The van der Waals surface area contributed by atoms with Crippen molar-refractivity contribution >= 4 is 30.0 Å². The Morgan fingerprint density at radius 1 is 1.28 bits per heavy atom. The molecule has 1 saturated heterocycles. The number of urea groups is 1. The van der Waals surface area contributed by atoms with Crippen LogP contribution >= 0.6 is 12.4 Å². The Hall–Kier alpha value is -1.79. The third kappa shape index (κ3) is 4.64. The van der Waals surface area contributed by atoms with Gasteiger partial charge in [-0.25, -0.2) is 4.79 Å². The average molecular weight is 367 g/mol. The lowest BCUT2D eigenvalue weighted by atomic mass is 9.84. The second-order valence-corrected chi connectivity index (χ2v) is 6.65. The predicted molar refractivity (Wildman–Crippen MR) is 101 cm³/mol. The monoisotopic (exact) mass is 366 g/mol. The van der Waals surface area contributed by atoms with E-state index < -0.39 is 0 Å². The molecule has 138 valence electrons. The highest BCUT2D eigenvalue weighted by Gasteiger charge is 2.26. The first-order chi connectivity index (χ1) is 11.7. The summed E-state index contributed by atoms with van der Waals surface area (Å²) in [7, 11) is 0. The van der Waals surface area contributed by atoms with E-state index in [1.807, 2.05) is 12.1 Å². The highest BCUT2D eigenvalue weighted by molar-refractivity contribution is 5.98. The number of nitrogens with one attached hydrogen (secondary N) is 2. The molecule has 2 atom stereocenters. The molecular formula is C18H27ClN4O2. The van der Waals surface area contributed by atoms with Crippen molar-refractivity contribution in [3.8, 4) is 0 Å². The molecule has 2 fully saturated rings. The molecule has 1 aromatic carbocycles. The van der Waals surface area contributed by atoms with E-state index in [9.17, 15) is 9.59 Å². The van der Waals surface area contributed by atoms with Crippen molar-refractivity contribution in [1.82, 2.24) is 10.6 Å². The van der Waals surface area contributed by atoms with E-state index in [1.165, 1.54) is 6.42 Å². The van der Waals surface area contributed by atoms with Gasteiger partial charge in [-0.2, -0.15) is 0 Å². The fraction of sp³-hybridized carbons (Fsp3) is 0.556. The van der Waals surface area contributed by atoms with Gasteiger partial charge in [0.05, 0.1) is 0 Å². The standard InChI is InChI=1S/C18H26N4O2.ClH/c19-12-14-5-1-2-8-16(14)21-17(23)13-6-3-7-15(11-13)22-10-4-9-20-18(22)24;/h3,6-7,11,14,16H,1-2,4-5,8-10,12,19H2,(H,20,24)(H,21,23);1H. The van der Waals surface area contributed by atoms with Gasteiger partial charge in [0.1, 0.15) is 0 Å². The summed E-state index contributed by atoms with van der Waals surface area (Å²) in [6, 6.07) is 7.33. The largest absolute Gasteiger partial charge is 0.349 e. The maximum atomic E-state index is 12.6. The van der Waals surface area contributed by atoms with Crippen LogP contribution in [0.4, 0.5) is 10.5 Å². The van der Waals surface area contributed by atoms with Crippen molar-refractivity contribution in [2.75, 3.05) is 24.5 Å². The van der Waals surface area contributed by atoms with Gasteiger partial charge in [0, 0.05) is 30.4 Å². The zero-order chi connectivity index (χ0) is 16.9. The number of nitrogens with two attached hydrogens (primary N) is 1. The summed E-state index contributed by atoms with van der Waals surface area (Å²) in [5.41, 5.74) is 7.20. The maximum Gasteiger partial charge on any atom is 0.321 e. The quantitative estimate of drug-likeness (QED) is 0.763. The molecule has 2 aliphatic rings. The summed E-state index contributed by atoms with van der Waals surface area (Å²) in [5, 5.41) is 5.97. The van der Waals surface area contributed by atoms with Gasteiger partial charge in [-0.15, -0.1) is 12.4 Å². The number of amides is 3. The van der Waals surface area contributed by atoms with Gasteiger partial charge in [0.25, 0.3) is 5.91 Å². The molecule has 6 nitrogen and oxygen atoms in total. The van der Waals surface area contributed by atoms with Gasteiger partial charge in [-0.3, -0.25) is 9.69 Å². The molecule has 1 aliphatic carbocycles. The second-order valence-electron chi connectivity index (χ2n) is 6.65. The van der Waals surface area contributed by atoms with E-state index in [0.717, 1.165) is 31.4 Å². The summed E-state index contributed by atoms with van der Waals surface area (Å²) in [4.78, 5) is 26.3. The predicted octanol–water partition coefficient (Wildman–Crippen LogP) is 2.28. The summed E-state index contributed by atoms with van der Waals surface area (Å²) in [5.74, 6) is 0.276. The van der Waals surface area contributed by atoms with Gasteiger partial charge in [0.15, 0.2) is 0 Å². The Morgan fingerprint density at radius 3 is 2.84 bits per heavy atom. The van der Waals surface area contributed by atoms with Crippen LogP contribution in [0.25, 0.3) is 0 Å². The summed E-state index contributed by atoms with van der Waals surface area (Å²) in [6.07, 6.45) is 5.29. The number of rotatable bonds is 4. The third-order valence-electron chi connectivity index (χ3n) is 5.03. The van der Waals surface area contributed by atoms with E-state index in [2.05, 4.69) is 10.6 Å². The molecule has 4 N–H and O–H groups in total. The molecule has 1 saturated carbocycles. The minimum absolute atomic E-state index is 0. The molecule has 1 heterocycles. The molecule has 0 bridgehead atoms. The van der Waals surface area contributed by atoms with Crippen molar-refractivity contribution in [3.05, 3.63) is 29.8 Å². The normalized spacial score (nSPS) is 23.4. The van der Waals surface area contributed by atoms with E-state index in [-0.39, 0.29) is 30.4 Å². The molecule has 2 unspecified atom stereocenters. The number of anilines is 1. The Labute approximate surface area is 154 Å². The maximum absolute atomic E-state index is 12.6. The van der Waals surface area contributed by atoms with E-state index in [0.29, 0.717) is 31.1 Å². The lowest BCUT2D eigenvalue weighted by Crippen LogP contribution is -2.46. The molecule has 0 spiro atoms. The zero-order valence-electron chi connectivity index (χ0n) is 14.4. The number of hydrogen-bond acceptors (Lipinski definition) is 3. The van der Waals surface area contributed by atoms with Gasteiger partial charge >= 0.3 is 6.03 Å². The molecule has 0 radical (unpaired) electrons. The fourth-order valence-corrected chi connectivity index (χ4v) is 3.62. The van der Waals surface area contributed by atoms with Crippen LogP contribution in [0.2, 0.25) is 0 Å². The molecule has 3 rings (SSSR count). The van der Waals surface area contributed by atoms with Crippen LogP contribution in [0.3, 0.4) is 0 Å². The summed E-state index contributed by atoms with van der Waals surface area (Å²) < 4.78 is 0. The highest BCUT2D eigenvalue weighted by atomic mass is 35.5. The summed E-state index contributed by atoms with van der Waals surface area (Å²) >= 11 is 0. The number of carbonyl (C=O) groups is 2. The smallest absolute Gasteiger partial charge is 0.321 e. The molecule has 7 heteroatoms. The average Bonchev–Trinajstić information content (AvgIpc) is 2.62. The molecule has 1 aromatic rings. The first kappa shape index (κ1) is 19.5. The van der Waals surface area contributed by atoms with E-state index in [1.54, 1.807) is 17.0 Å². The fourth-order valence-electron chi connectivity index (χ4n) is 3.62. The first-order valence-corrected chi connectivity index (χ1v) is 8.85. The lowest BCUT2D eigenvalue weighted by Gasteiger charge is -2.31. The Bertz CT molecular complexity index is 610. The molecular weight excluding hydrogens is 340 g/mol. The van der Waals surface area contributed by atoms with Gasteiger partial charge < -0.3 is 16.4 Å². The van der Waals surface area contributed by atoms with Crippen LogP contribution in [-0.4, -0.2) is 37.6 Å². The van der Waals surface area contributed by atoms with E-state index in [4.69, 9.17) is 5.73 Å². The zero-order valence-corrected chi connectivity index (χ0v) is 15.2. The van der Waals surface area contributed by atoms with E-state index >= 15 is 0 Å². The van der Waals surface area contributed by atoms with Crippen molar-refractivity contribution in [2.24, 2.45) is 11.7 Å². The third-order valence-corrected chi connectivity index (χ3v) is 5.03. The van der Waals surface area contributed by atoms with Crippen LogP contribution in [0.15, 0.2) is 24.3 Å². The molecule has 1 aliphatic heterocycles. The van der Waals surface area contributed by atoms with Gasteiger partial charge in [-0.1, -0.05) is 18.9 Å². The first-order valence-electron chi connectivity index (χ1n) is 8.85. The SMILES string of the molecule is Cl.NCC1CCCCC1NC(=O)c1cccc(N2CCCNC2=O)c1. The second kappa shape index (κ2) is 9.06. The summed E-state index contributed by atoms with van der Waals surface area (Å²) in [6.45, 7) is 1.99. The van der Waals surface area contributed by atoms with Crippen LogP contribution in [0.5, 0.6) is 0 Å². The van der Waals surface area contributed by atoms with Crippen molar-refractivity contribution in [3.63, 3.8) is 0 Å². The van der Waals surface area contributed by atoms with Crippen molar-refractivity contribution in [2.45, 2.75) is 38.1 Å². The number of hydrogen-bond donors (Lipinski definition) is 3. The van der Waals surface area contributed by atoms with Gasteiger partial charge in [-0.05, 0) is 49.9 Å². The van der Waals surface area contributed by atoms with Gasteiger partial charge in [0.2, 0.25) is 0 Å².